The quantitative estimate of drug-likeness (QED) is 0.735. The van der Waals surface area contributed by atoms with Crippen molar-refractivity contribution < 1.29 is 4.74 Å². The highest BCUT2D eigenvalue weighted by molar-refractivity contribution is 5.10. The Morgan fingerprint density at radius 1 is 1.50 bits per heavy atom. The van der Waals surface area contributed by atoms with E-state index in [1.807, 2.05) is 17.7 Å². The van der Waals surface area contributed by atoms with E-state index in [1.165, 1.54) is 0 Å². The van der Waals surface area contributed by atoms with E-state index in [0.717, 1.165) is 18.8 Å². The Morgan fingerprint density at radius 2 is 2.38 bits per heavy atom. The van der Waals surface area contributed by atoms with Gasteiger partial charge in [-0.15, -0.1) is 5.10 Å². The Hall–Kier alpha value is -1.69. The van der Waals surface area contributed by atoms with Crippen LogP contribution in [0.15, 0.2) is 12.4 Å². The summed E-state index contributed by atoms with van der Waals surface area (Å²) in [5.41, 5.74) is 0. The van der Waals surface area contributed by atoms with Crippen LogP contribution in [0.4, 0.5) is 0 Å². The summed E-state index contributed by atoms with van der Waals surface area (Å²) >= 11 is 0. The van der Waals surface area contributed by atoms with Crippen LogP contribution in [-0.2, 0) is 17.7 Å². The molecule has 16 heavy (non-hydrogen) atoms. The fourth-order valence-electron chi connectivity index (χ4n) is 1.37. The summed E-state index contributed by atoms with van der Waals surface area (Å²) in [7, 11) is 1.67. The Labute approximate surface area is 93.9 Å². The second-order valence-corrected chi connectivity index (χ2v) is 3.31. The molecular weight excluding hydrogens is 206 g/mol. The lowest BCUT2D eigenvalue weighted by molar-refractivity contribution is 0.187. The van der Waals surface area contributed by atoms with Gasteiger partial charge >= 0.3 is 0 Å². The third-order valence-electron chi connectivity index (χ3n) is 2.22. The number of methoxy groups -OCH3 is 1. The van der Waals surface area contributed by atoms with Crippen LogP contribution in [0.5, 0.6) is 0 Å². The third kappa shape index (κ3) is 2.11. The molecule has 2 rings (SSSR count). The van der Waals surface area contributed by atoms with E-state index < -0.39 is 0 Å². The maximum Gasteiger partial charge on any atom is 0.232 e. The van der Waals surface area contributed by atoms with Gasteiger partial charge in [-0.25, -0.2) is 9.97 Å². The summed E-state index contributed by atoms with van der Waals surface area (Å²) in [4.78, 5) is 8.28. The zero-order chi connectivity index (χ0) is 11.4. The van der Waals surface area contributed by atoms with Crippen LogP contribution in [0.3, 0.4) is 0 Å². The van der Waals surface area contributed by atoms with E-state index in [2.05, 4.69) is 21.4 Å². The van der Waals surface area contributed by atoms with Crippen LogP contribution in [0.2, 0.25) is 0 Å². The molecule has 2 heterocycles. The zero-order valence-electron chi connectivity index (χ0n) is 9.42. The van der Waals surface area contributed by atoms with Crippen molar-refractivity contribution in [1.82, 2.24) is 24.3 Å². The minimum absolute atomic E-state index is 0.638. The molecule has 1 radical (unpaired) electrons. The number of ether oxygens (including phenoxy) is 1. The molecule has 6 heteroatoms. The van der Waals surface area contributed by atoms with Crippen LogP contribution in [-0.4, -0.2) is 38.0 Å². The highest BCUT2D eigenvalue weighted by Crippen LogP contribution is 2.03. The Morgan fingerprint density at radius 3 is 3.06 bits per heavy atom. The summed E-state index contributed by atoms with van der Waals surface area (Å²) in [6.07, 6.45) is 7.21. The van der Waals surface area contributed by atoms with Crippen molar-refractivity contribution in [3.05, 3.63) is 24.5 Å². The maximum atomic E-state index is 5.03. The largest absolute Gasteiger partial charge is 0.383 e. The van der Waals surface area contributed by atoms with E-state index in [-0.39, 0.29) is 0 Å². The first-order valence-corrected chi connectivity index (χ1v) is 5.19. The molecule has 0 saturated heterocycles. The van der Waals surface area contributed by atoms with Gasteiger partial charge in [-0.1, -0.05) is 6.92 Å². The van der Waals surface area contributed by atoms with Crippen molar-refractivity contribution >= 4 is 0 Å². The van der Waals surface area contributed by atoms with E-state index in [9.17, 15) is 0 Å². The van der Waals surface area contributed by atoms with Crippen molar-refractivity contribution in [3.63, 3.8) is 0 Å². The molecule has 0 saturated carbocycles. The molecule has 0 fully saturated rings. The summed E-state index contributed by atoms with van der Waals surface area (Å²) < 4.78 is 8.54. The van der Waals surface area contributed by atoms with Gasteiger partial charge in [0.2, 0.25) is 12.3 Å². The highest BCUT2D eigenvalue weighted by Gasteiger charge is 2.07. The predicted octanol–water partition coefficient (Wildman–Crippen LogP) is 0.473. The molecule has 2 aromatic rings. The predicted molar refractivity (Wildman–Crippen MR) is 57.2 cm³/mol. The normalized spacial score (nSPS) is 10.9. The first kappa shape index (κ1) is 10.8. The van der Waals surface area contributed by atoms with Crippen LogP contribution in [0.25, 0.3) is 5.95 Å². The topological polar surface area (TPSA) is 57.8 Å². The summed E-state index contributed by atoms with van der Waals surface area (Å²) in [5, 5.41) is 4.27. The number of imidazole rings is 1. The summed E-state index contributed by atoms with van der Waals surface area (Å²) in [5.74, 6) is 1.48. The minimum atomic E-state index is 0.638. The first-order valence-electron chi connectivity index (χ1n) is 5.19. The third-order valence-corrected chi connectivity index (χ3v) is 2.22. The lowest BCUT2D eigenvalue weighted by Crippen LogP contribution is -2.10. The number of hydrogen-bond acceptors (Lipinski definition) is 4. The number of rotatable bonds is 5. The van der Waals surface area contributed by atoms with Gasteiger partial charge in [0.15, 0.2) is 5.82 Å². The van der Waals surface area contributed by atoms with Crippen molar-refractivity contribution in [2.75, 3.05) is 13.7 Å². The molecule has 0 bridgehead atoms. The van der Waals surface area contributed by atoms with E-state index in [1.54, 1.807) is 18.0 Å². The molecule has 0 unspecified atom stereocenters. The lowest BCUT2D eigenvalue weighted by atomic mass is 10.5. The van der Waals surface area contributed by atoms with Gasteiger partial charge in [-0.2, -0.15) is 4.68 Å². The molecule has 0 aliphatic rings. The molecule has 0 N–H and O–H groups in total. The average molecular weight is 220 g/mol. The van der Waals surface area contributed by atoms with Crippen molar-refractivity contribution in [2.45, 2.75) is 19.9 Å². The monoisotopic (exact) mass is 220 g/mol. The van der Waals surface area contributed by atoms with Gasteiger partial charge < -0.3 is 9.30 Å². The molecule has 0 spiro atoms. The fourth-order valence-corrected chi connectivity index (χ4v) is 1.37. The van der Waals surface area contributed by atoms with Gasteiger partial charge in [0, 0.05) is 32.5 Å². The zero-order valence-corrected chi connectivity index (χ0v) is 9.42. The molecule has 2 aromatic heterocycles. The van der Waals surface area contributed by atoms with Gasteiger partial charge in [0.05, 0.1) is 6.61 Å². The summed E-state index contributed by atoms with van der Waals surface area (Å²) in [6, 6.07) is 0. The molecule has 0 atom stereocenters. The van der Waals surface area contributed by atoms with E-state index in [4.69, 9.17) is 4.74 Å². The lowest BCUT2D eigenvalue weighted by Gasteiger charge is -2.05. The fraction of sp³-hybridized carbons (Fsp3) is 0.500. The standard InChI is InChI=1S/C10H14N5O/c1-3-9-12-8-15(13-9)10-11-4-5-14(10)6-7-16-2/h4-5H,3,6-7H2,1-2H3. The van der Waals surface area contributed by atoms with Crippen molar-refractivity contribution in [2.24, 2.45) is 0 Å². The number of aryl methyl sites for hydroxylation is 1. The first-order chi connectivity index (χ1) is 7.85. The van der Waals surface area contributed by atoms with E-state index in [0.29, 0.717) is 12.6 Å². The number of hydrogen-bond donors (Lipinski definition) is 0. The second-order valence-electron chi connectivity index (χ2n) is 3.31. The van der Waals surface area contributed by atoms with Crippen LogP contribution >= 0.6 is 0 Å². The summed E-state index contributed by atoms with van der Waals surface area (Å²) in [6.45, 7) is 3.38. The molecule has 0 aliphatic carbocycles. The molecule has 85 valence electrons. The SMILES string of the molecule is CCc1n[c]n(-c2nccn2CCOC)n1. The Bertz CT molecular complexity index is 448. The smallest absolute Gasteiger partial charge is 0.232 e. The maximum absolute atomic E-state index is 5.03. The van der Waals surface area contributed by atoms with Gasteiger partial charge in [-0.3, -0.25) is 0 Å². The molecule has 0 amide bonds. The Kier molecular flexibility index (Phi) is 3.31. The average Bonchev–Trinajstić information content (AvgIpc) is 2.94. The van der Waals surface area contributed by atoms with Crippen LogP contribution in [0, 0.1) is 6.33 Å². The van der Waals surface area contributed by atoms with Gasteiger partial charge in [-0.05, 0) is 0 Å². The van der Waals surface area contributed by atoms with Crippen LogP contribution in [0.1, 0.15) is 12.7 Å². The second kappa shape index (κ2) is 4.89. The van der Waals surface area contributed by atoms with Crippen LogP contribution < -0.4 is 0 Å². The number of nitrogens with zero attached hydrogens (tertiary/aromatic N) is 5. The van der Waals surface area contributed by atoms with Gasteiger partial charge in [0.1, 0.15) is 0 Å². The number of aromatic nitrogens is 5. The van der Waals surface area contributed by atoms with Crippen molar-refractivity contribution in [3.8, 4) is 5.95 Å². The Balaban J connectivity index is 2.22. The molecule has 0 aromatic carbocycles. The molecule has 6 nitrogen and oxygen atoms in total. The minimum Gasteiger partial charge on any atom is -0.383 e. The molecular formula is C10H14N5O. The van der Waals surface area contributed by atoms with Gasteiger partial charge in [0.25, 0.3) is 0 Å². The molecule has 0 aliphatic heterocycles. The van der Waals surface area contributed by atoms with Crippen molar-refractivity contribution in [1.29, 1.82) is 0 Å². The van der Waals surface area contributed by atoms with E-state index >= 15 is 0 Å². The highest BCUT2D eigenvalue weighted by atomic mass is 16.5.